The number of aryl methyl sites for hydroxylation is 1. The van der Waals surface area contributed by atoms with Crippen LogP contribution in [0.1, 0.15) is 51.0 Å². The van der Waals surface area contributed by atoms with Crippen molar-refractivity contribution in [2.45, 2.75) is 75.7 Å². The minimum atomic E-state index is -0.864. The van der Waals surface area contributed by atoms with Crippen LogP contribution in [0.5, 0.6) is 11.8 Å². The molecule has 0 amide bonds. The maximum atomic E-state index is 16.9. The number of anilines is 1. The molecular weight excluding hydrogens is 560 g/mol. The maximum Gasteiger partial charge on any atom is 0.319 e. The zero-order valence-corrected chi connectivity index (χ0v) is 25.2. The van der Waals surface area contributed by atoms with E-state index in [4.69, 9.17) is 14.7 Å². The highest BCUT2D eigenvalue weighted by molar-refractivity contribution is 6.03. The topological polar surface area (TPSA) is 73.8 Å². The summed E-state index contributed by atoms with van der Waals surface area (Å²) in [6.45, 7) is 5.25. The van der Waals surface area contributed by atoms with Crippen LogP contribution >= 0.6 is 0 Å². The van der Waals surface area contributed by atoms with Gasteiger partial charge >= 0.3 is 6.01 Å². The fourth-order valence-electron chi connectivity index (χ4n) is 8.42. The van der Waals surface area contributed by atoms with Crippen LogP contribution in [-0.2, 0) is 6.42 Å². The lowest BCUT2D eigenvalue weighted by Crippen LogP contribution is -2.43. The van der Waals surface area contributed by atoms with Crippen molar-refractivity contribution in [1.82, 2.24) is 20.2 Å². The van der Waals surface area contributed by atoms with E-state index in [9.17, 15) is 9.50 Å². The van der Waals surface area contributed by atoms with Crippen molar-refractivity contribution in [3.05, 3.63) is 53.8 Å². The van der Waals surface area contributed by atoms with Gasteiger partial charge in [-0.15, -0.1) is 0 Å². The van der Waals surface area contributed by atoms with E-state index in [1.807, 2.05) is 24.3 Å². The molecule has 4 aromatic rings. The first-order valence-corrected chi connectivity index (χ1v) is 16.2. The molecule has 7 nitrogen and oxygen atoms in total. The number of benzene rings is 3. The molecule has 4 atom stereocenters. The van der Waals surface area contributed by atoms with Crippen molar-refractivity contribution in [3.63, 3.8) is 0 Å². The van der Waals surface area contributed by atoms with Gasteiger partial charge in [0.15, 0.2) is 5.82 Å². The number of fused-ring (bicyclic) bond motifs is 5. The van der Waals surface area contributed by atoms with Gasteiger partial charge in [0.25, 0.3) is 0 Å². The number of phenols is 1. The van der Waals surface area contributed by atoms with Gasteiger partial charge in [-0.1, -0.05) is 31.2 Å². The van der Waals surface area contributed by atoms with Crippen molar-refractivity contribution in [3.8, 4) is 22.9 Å². The Bertz CT molecular complexity index is 1750. The lowest BCUT2D eigenvalue weighted by Gasteiger charge is -2.31. The number of halogens is 2. The summed E-state index contributed by atoms with van der Waals surface area (Å²) in [7, 11) is 0. The average molecular weight is 600 g/mol. The average Bonchev–Trinajstić information content (AvgIpc) is 3.66. The van der Waals surface area contributed by atoms with Crippen LogP contribution in [0, 0.1) is 5.82 Å². The van der Waals surface area contributed by atoms with E-state index in [-0.39, 0.29) is 29.4 Å². The molecule has 3 aromatic carbocycles. The van der Waals surface area contributed by atoms with E-state index in [1.54, 1.807) is 18.2 Å². The first kappa shape index (κ1) is 28.0. The lowest BCUT2D eigenvalue weighted by atomic mass is 9.92. The third-order valence-electron chi connectivity index (χ3n) is 10.5. The standard InChI is InChI=1S/C35H39F2N5O2/c1-2-21-5-3-6-22-15-26(43)16-29(30(21)22)27-9-10-28-32(31(27)37)39-34(44-20-35-12-4-13-42(35)18-23(36)17-35)40-33(28)41-14-11-24-7-8-25(19-41)38-24/h3,5-6,9-10,15-16,23-25,38,43H,2,4,7-8,11-14,17-20H2,1H3/t23-,24?,25+,35+/m1/s1. The second-order valence-corrected chi connectivity index (χ2v) is 13.3. The van der Waals surface area contributed by atoms with Crippen molar-refractivity contribution in [2.75, 3.05) is 37.7 Å². The van der Waals surface area contributed by atoms with Gasteiger partial charge in [-0.25, -0.2) is 8.78 Å². The molecule has 2 N–H and O–H groups in total. The molecule has 230 valence electrons. The molecule has 5 heterocycles. The fraction of sp³-hybridized carbons (Fsp3) is 0.486. The van der Waals surface area contributed by atoms with Gasteiger partial charge in [-0.05, 0) is 85.2 Å². The molecule has 2 bridgehead atoms. The molecular formula is C35H39F2N5O2. The largest absolute Gasteiger partial charge is 0.508 e. The summed E-state index contributed by atoms with van der Waals surface area (Å²) in [6.07, 6.45) is 5.52. The SMILES string of the molecule is CCc1cccc2cc(O)cc(-c3ccc4c(N5CCC6CC[C@@H](C5)N6)nc(OC[C@@]56CCCN5C[C@H](F)C6)nc4c3F)c12. The molecule has 4 fully saturated rings. The molecule has 44 heavy (non-hydrogen) atoms. The molecule has 8 rings (SSSR count). The highest BCUT2D eigenvalue weighted by Gasteiger charge is 2.49. The molecule has 0 saturated carbocycles. The summed E-state index contributed by atoms with van der Waals surface area (Å²) in [5.41, 5.74) is 1.94. The van der Waals surface area contributed by atoms with E-state index < -0.39 is 12.0 Å². The Morgan fingerprint density at radius 2 is 1.93 bits per heavy atom. The molecule has 0 aliphatic carbocycles. The summed E-state index contributed by atoms with van der Waals surface area (Å²) in [5, 5.41) is 16.8. The molecule has 1 unspecified atom stereocenters. The number of aromatic nitrogens is 2. The Balaban J connectivity index is 1.26. The zero-order valence-electron chi connectivity index (χ0n) is 25.2. The van der Waals surface area contributed by atoms with E-state index in [2.05, 4.69) is 22.0 Å². The van der Waals surface area contributed by atoms with Crippen molar-refractivity contribution >= 4 is 27.5 Å². The summed E-state index contributed by atoms with van der Waals surface area (Å²) >= 11 is 0. The fourth-order valence-corrected chi connectivity index (χ4v) is 8.42. The van der Waals surface area contributed by atoms with Gasteiger partial charge in [-0.3, -0.25) is 4.90 Å². The molecule has 4 saturated heterocycles. The van der Waals surface area contributed by atoms with Crippen molar-refractivity contribution in [1.29, 1.82) is 0 Å². The Morgan fingerprint density at radius 1 is 1.05 bits per heavy atom. The highest BCUT2D eigenvalue weighted by Crippen LogP contribution is 2.42. The smallest absolute Gasteiger partial charge is 0.319 e. The number of hydrogen-bond donors (Lipinski definition) is 2. The Morgan fingerprint density at radius 3 is 2.82 bits per heavy atom. The van der Waals surface area contributed by atoms with Crippen LogP contribution in [0.15, 0.2) is 42.5 Å². The summed E-state index contributed by atoms with van der Waals surface area (Å²) < 4.78 is 37.7. The van der Waals surface area contributed by atoms with Gasteiger partial charge in [0.05, 0.1) is 5.54 Å². The van der Waals surface area contributed by atoms with Crippen molar-refractivity contribution in [2.24, 2.45) is 0 Å². The maximum absolute atomic E-state index is 16.9. The van der Waals surface area contributed by atoms with Crippen LogP contribution in [0.2, 0.25) is 0 Å². The second kappa shape index (κ2) is 10.8. The number of hydrogen-bond acceptors (Lipinski definition) is 7. The number of alkyl halides is 1. The van der Waals surface area contributed by atoms with Gasteiger partial charge in [0.1, 0.15) is 29.9 Å². The van der Waals surface area contributed by atoms with Crippen LogP contribution in [0.4, 0.5) is 14.6 Å². The summed E-state index contributed by atoms with van der Waals surface area (Å²) in [4.78, 5) is 14.1. The number of aromatic hydroxyl groups is 1. The van der Waals surface area contributed by atoms with Crippen LogP contribution in [0.25, 0.3) is 32.8 Å². The van der Waals surface area contributed by atoms with E-state index in [1.165, 1.54) is 6.42 Å². The molecule has 4 aliphatic rings. The van der Waals surface area contributed by atoms with Crippen LogP contribution < -0.4 is 15.0 Å². The van der Waals surface area contributed by atoms with Crippen LogP contribution in [-0.4, -0.2) is 76.6 Å². The molecule has 0 radical (unpaired) electrons. The van der Waals surface area contributed by atoms with Gasteiger partial charge in [0, 0.05) is 49.1 Å². The first-order chi connectivity index (χ1) is 21.4. The minimum absolute atomic E-state index is 0.0860. The highest BCUT2D eigenvalue weighted by atomic mass is 19.1. The van der Waals surface area contributed by atoms with Crippen LogP contribution in [0.3, 0.4) is 0 Å². The molecule has 4 aliphatic heterocycles. The Hall–Kier alpha value is -3.56. The summed E-state index contributed by atoms with van der Waals surface area (Å²) in [5.74, 6) is 0.298. The van der Waals surface area contributed by atoms with E-state index in [0.29, 0.717) is 47.4 Å². The quantitative estimate of drug-likeness (QED) is 0.276. The molecule has 9 heteroatoms. The number of phenolic OH excluding ortho intramolecular Hbond substituents is 1. The minimum Gasteiger partial charge on any atom is -0.508 e. The Kier molecular flexibility index (Phi) is 6.86. The van der Waals surface area contributed by atoms with E-state index in [0.717, 1.165) is 68.1 Å². The number of nitrogens with zero attached hydrogens (tertiary/aromatic N) is 4. The number of ether oxygens (including phenoxy) is 1. The molecule has 0 spiro atoms. The molecule has 1 aromatic heterocycles. The Labute approximate surface area is 256 Å². The van der Waals surface area contributed by atoms with Gasteiger partial charge in [0.2, 0.25) is 0 Å². The third-order valence-corrected chi connectivity index (χ3v) is 10.5. The predicted octanol–water partition coefficient (Wildman–Crippen LogP) is 6.14. The summed E-state index contributed by atoms with van der Waals surface area (Å²) in [6, 6.07) is 14.0. The lowest BCUT2D eigenvalue weighted by molar-refractivity contribution is 0.107. The normalized spacial score (nSPS) is 26.9. The van der Waals surface area contributed by atoms with Crippen molar-refractivity contribution < 1.29 is 18.6 Å². The number of rotatable bonds is 6. The number of nitrogens with one attached hydrogen (secondary N) is 1. The zero-order chi connectivity index (χ0) is 30.0. The van der Waals surface area contributed by atoms with Gasteiger partial charge < -0.3 is 20.1 Å². The van der Waals surface area contributed by atoms with E-state index >= 15 is 4.39 Å². The van der Waals surface area contributed by atoms with Gasteiger partial charge in [-0.2, -0.15) is 9.97 Å². The second-order valence-electron chi connectivity index (χ2n) is 13.3. The third kappa shape index (κ3) is 4.67. The first-order valence-electron chi connectivity index (χ1n) is 16.2. The monoisotopic (exact) mass is 599 g/mol. The predicted molar refractivity (Wildman–Crippen MR) is 169 cm³/mol.